The molecular weight excluding hydrogens is 427 g/mol. The minimum absolute atomic E-state index is 0.153. The quantitative estimate of drug-likeness (QED) is 0.582. The summed E-state index contributed by atoms with van der Waals surface area (Å²) in [6.07, 6.45) is 0.442. The minimum Gasteiger partial charge on any atom is -0.493 e. The van der Waals surface area contributed by atoms with Crippen LogP contribution in [0.2, 0.25) is 10.0 Å². The summed E-state index contributed by atoms with van der Waals surface area (Å²) in [5.41, 5.74) is 0.689. The summed E-state index contributed by atoms with van der Waals surface area (Å²) in [6, 6.07) is 11.5. The van der Waals surface area contributed by atoms with Gasteiger partial charge >= 0.3 is 0 Å². The highest BCUT2D eigenvalue weighted by atomic mass is 35.5. The predicted octanol–water partition coefficient (Wildman–Crippen LogP) is 4.32. The summed E-state index contributed by atoms with van der Waals surface area (Å²) in [4.78, 5) is 27.2. The van der Waals surface area contributed by atoms with E-state index in [1.807, 2.05) is 19.9 Å². The van der Waals surface area contributed by atoms with Crippen LogP contribution in [0.25, 0.3) is 0 Å². The zero-order valence-electron chi connectivity index (χ0n) is 17.3. The minimum atomic E-state index is -0.662. The summed E-state index contributed by atoms with van der Waals surface area (Å²) < 4.78 is 10.9. The molecule has 0 saturated heterocycles. The number of benzene rings is 2. The standard InChI is InChI=1S/C22H26Cl2N2O4/c1-4-18(22(28)25-5-2)26(13-15-10-11-16(23)12-17(15)24)21(27)14-30-20-9-7-6-8-19(20)29-3/h6-12,18H,4-5,13-14H2,1-3H3,(H,25,28)/t18-/m1/s1. The fraction of sp³-hybridized carbons (Fsp3) is 0.364. The fourth-order valence-electron chi connectivity index (χ4n) is 3.01. The molecule has 0 aliphatic rings. The second-order valence-corrected chi connectivity index (χ2v) is 7.36. The first-order chi connectivity index (χ1) is 14.4. The molecule has 0 radical (unpaired) electrons. The van der Waals surface area contributed by atoms with Gasteiger partial charge in [0.15, 0.2) is 18.1 Å². The molecule has 0 aliphatic heterocycles. The van der Waals surface area contributed by atoms with Crippen LogP contribution in [0, 0.1) is 0 Å². The van der Waals surface area contributed by atoms with E-state index in [4.69, 9.17) is 32.7 Å². The number of nitrogens with one attached hydrogen (secondary N) is 1. The van der Waals surface area contributed by atoms with Crippen LogP contribution in [0.4, 0.5) is 0 Å². The van der Waals surface area contributed by atoms with Crippen molar-refractivity contribution in [2.75, 3.05) is 20.3 Å². The summed E-state index contributed by atoms with van der Waals surface area (Å²) in [7, 11) is 1.53. The number of methoxy groups -OCH3 is 1. The van der Waals surface area contributed by atoms with Gasteiger partial charge in [0.05, 0.1) is 7.11 Å². The highest BCUT2D eigenvalue weighted by molar-refractivity contribution is 6.35. The van der Waals surface area contributed by atoms with Crippen LogP contribution in [0.15, 0.2) is 42.5 Å². The average Bonchev–Trinajstić information content (AvgIpc) is 2.73. The molecule has 2 aromatic carbocycles. The average molecular weight is 453 g/mol. The first-order valence-corrected chi connectivity index (χ1v) is 10.4. The molecule has 2 amide bonds. The third-order valence-corrected chi connectivity index (χ3v) is 5.10. The second-order valence-electron chi connectivity index (χ2n) is 6.52. The summed E-state index contributed by atoms with van der Waals surface area (Å²) >= 11 is 12.3. The summed E-state index contributed by atoms with van der Waals surface area (Å²) in [6.45, 7) is 4.06. The number of halogens is 2. The number of nitrogens with zero attached hydrogens (tertiary/aromatic N) is 1. The van der Waals surface area contributed by atoms with Crippen molar-refractivity contribution in [3.8, 4) is 11.5 Å². The van der Waals surface area contributed by atoms with E-state index in [9.17, 15) is 9.59 Å². The lowest BCUT2D eigenvalue weighted by atomic mass is 10.1. The van der Waals surface area contributed by atoms with Crippen LogP contribution < -0.4 is 14.8 Å². The van der Waals surface area contributed by atoms with Crippen molar-refractivity contribution >= 4 is 35.0 Å². The van der Waals surface area contributed by atoms with Crippen molar-refractivity contribution in [3.05, 3.63) is 58.1 Å². The third-order valence-electron chi connectivity index (χ3n) is 4.51. The van der Waals surface area contributed by atoms with E-state index >= 15 is 0 Å². The Balaban J connectivity index is 2.26. The maximum atomic E-state index is 13.1. The van der Waals surface area contributed by atoms with Gasteiger partial charge in [-0.1, -0.05) is 48.3 Å². The van der Waals surface area contributed by atoms with E-state index in [1.165, 1.54) is 12.0 Å². The van der Waals surface area contributed by atoms with Gasteiger partial charge < -0.3 is 19.7 Å². The number of likely N-dealkylation sites (N-methyl/N-ethyl adjacent to an activating group) is 1. The molecule has 0 aromatic heterocycles. The Bertz CT molecular complexity index is 876. The van der Waals surface area contributed by atoms with Gasteiger partial charge in [-0.05, 0) is 43.2 Å². The van der Waals surface area contributed by atoms with Crippen molar-refractivity contribution < 1.29 is 19.1 Å². The normalized spacial score (nSPS) is 11.5. The Morgan fingerprint density at radius 1 is 1.10 bits per heavy atom. The van der Waals surface area contributed by atoms with Gasteiger partial charge in [-0.3, -0.25) is 9.59 Å². The third kappa shape index (κ3) is 6.28. The maximum Gasteiger partial charge on any atom is 0.261 e. The Hall–Kier alpha value is -2.44. The Morgan fingerprint density at radius 2 is 1.80 bits per heavy atom. The van der Waals surface area contributed by atoms with Crippen molar-refractivity contribution in [1.82, 2.24) is 10.2 Å². The number of carbonyl (C=O) groups is 2. The molecule has 0 fully saturated rings. The van der Waals surface area contributed by atoms with E-state index in [2.05, 4.69) is 5.32 Å². The fourth-order valence-corrected chi connectivity index (χ4v) is 3.47. The Labute approximate surface area is 187 Å². The number of hydrogen-bond donors (Lipinski definition) is 1. The van der Waals surface area contributed by atoms with E-state index < -0.39 is 6.04 Å². The smallest absolute Gasteiger partial charge is 0.261 e. The summed E-state index contributed by atoms with van der Waals surface area (Å²) in [5.74, 6) is 0.401. The molecule has 0 heterocycles. The van der Waals surface area contributed by atoms with E-state index in [0.29, 0.717) is 40.1 Å². The molecule has 1 N–H and O–H groups in total. The maximum absolute atomic E-state index is 13.1. The molecule has 0 saturated carbocycles. The molecule has 1 atom stereocenters. The highest BCUT2D eigenvalue weighted by Gasteiger charge is 2.29. The lowest BCUT2D eigenvalue weighted by molar-refractivity contribution is -0.142. The zero-order chi connectivity index (χ0) is 22.1. The molecule has 162 valence electrons. The van der Waals surface area contributed by atoms with Crippen molar-refractivity contribution in [1.29, 1.82) is 0 Å². The van der Waals surface area contributed by atoms with E-state index in [1.54, 1.807) is 36.4 Å². The monoisotopic (exact) mass is 452 g/mol. The van der Waals surface area contributed by atoms with Crippen LogP contribution in [0.3, 0.4) is 0 Å². The van der Waals surface area contributed by atoms with Gasteiger partial charge in [0.25, 0.3) is 5.91 Å². The first-order valence-electron chi connectivity index (χ1n) is 9.68. The molecule has 2 rings (SSSR count). The predicted molar refractivity (Wildman–Crippen MR) is 118 cm³/mol. The van der Waals surface area contributed by atoms with Gasteiger partial charge in [-0.25, -0.2) is 0 Å². The highest BCUT2D eigenvalue weighted by Crippen LogP contribution is 2.27. The second kappa shape index (κ2) is 11.7. The molecule has 0 bridgehead atoms. The Kier molecular flexibility index (Phi) is 9.27. The van der Waals surface area contributed by atoms with Gasteiger partial charge in [0, 0.05) is 23.1 Å². The molecule has 0 spiro atoms. The number of amides is 2. The van der Waals surface area contributed by atoms with Crippen LogP contribution in [0.5, 0.6) is 11.5 Å². The molecule has 8 heteroatoms. The first kappa shape index (κ1) is 23.8. The van der Waals surface area contributed by atoms with Crippen molar-refractivity contribution in [2.45, 2.75) is 32.9 Å². The molecular formula is C22H26Cl2N2O4. The number of hydrogen-bond acceptors (Lipinski definition) is 4. The molecule has 0 aliphatic carbocycles. The summed E-state index contributed by atoms with van der Waals surface area (Å²) in [5, 5.41) is 3.71. The number of carbonyl (C=O) groups excluding carboxylic acids is 2. The topological polar surface area (TPSA) is 67.9 Å². The molecule has 0 unspecified atom stereocenters. The van der Waals surface area contributed by atoms with Crippen molar-refractivity contribution in [3.63, 3.8) is 0 Å². The van der Waals surface area contributed by atoms with E-state index in [0.717, 1.165) is 0 Å². The largest absolute Gasteiger partial charge is 0.493 e. The van der Waals surface area contributed by atoms with Crippen LogP contribution >= 0.6 is 23.2 Å². The zero-order valence-corrected chi connectivity index (χ0v) is 18.8. The van der Waals surface area contributed by atoms with Crippen LogP contribution in [-0.2, 0) is 16.1 Å². The Morgan fingerprint density at radius 3 is 2.40 bits per heavy atom. The van der Waals surface area contributed by atoms with Gasteiger partial charge in [-0.15, -0.1) is 0 Å². The SMILES string of the molecule is CCNC(=O)[C@@H](CC)N(Cc1ccc(Cl)cc1Cl)C(=O)COc1ccccc1OC. The van der Waals surface area contributed by atoms with E-state index in [-0.39, 0.29) is 25.0 Å². The lowest BCUT2D eigenvalue weighted by Crippen LogP contribution is -2.50. The van der Waals surface area contributed by atoms with Gasteiger partial charge in [0.2, 0.25) is 5.91 Å². The van der Waals surface area contributed by atoms with Crippen LogP contribution in [0.1, 0.15) is 25.8 Å². The molecule has 6 nitrogen and oxygen atoms in total. The van der Waals surface area contributed by atoms with Gasteiger partial charge in [0.1, 0.15) is 6.04 Å². The van der Waals surface area contributed by atoms with Gasteiger partial charge in [-0.2, -0.15) is 0 Å². The molecule has 30 heavy (non-hydrogen) atoms. The molecule has 2 aromatic rings. The lowest BCUT2D eigenvalue weighted by Gasteiger charge is -2.30. The number of rotatable bonds is 10. The number of ether oxygens (including phenoxy) is 2. The van der Waals surface area contributed by atoms with Crippen LogP contribution in [-0.4, -0.2) is 43.0 Å². The number of para-hydroxylation sites is 2. The van der Waals surface area contributed by atoms with Crippen molar-refractivity contribution in [2.24, 2.45) is 0 Å².